The molecule has 0 saturated carbocycles. The van der Waals surface area contributed by atoms with Crippen LogP contribution in [0.2, 0.25) is 0 Å². The first-order chi connectivity index (χ1) is 20.0. The van der Waals surface area contributed by atoms with E-state index in [0.29, 0.717) is 6.42 Å². The van der Waals surface area contributed by atoms with Gasteiger partial charge >= 0.3 is 0 Å². The Morgan fingerprint density at radius 3 is 2.19 bits per heavy atom. The number of aromatic nitrogens is 8. The van der Waals surface area contributed by atoms with Crippen molar-refractivity contribution in [2.24, 2.45) is 0 Å². The molecule has 0 aliphatic carbocycles. The number of nitrogen functional groups attached to an aromatic ring is 2. The van der Waals surface area contributed by atoms with Crippen LogP contribution in [-0.2, 0) is 9.47 Å². The zero-order valence-electron chi connectivity index (χ0n) is 22.6. The Bertz CT molecular complexity index is 1730. The normalized spacial score (nSPS) is 28.4. The molecule has 0 spiro atoms. The molecule has 2 aliphatic rings. The second-order valence-corrected chi connectivity index (χ2v) is 10.9. The fourth-order valence-electron chi connectivity index (χ4n) is 5.50. The van der Waals surface area contributed by atoms with Crippen LogP contribution < -0.4 is 33.2 Å². The highest BCUT2D eigenvalue weighted by Crippen LogP contribution is 2.33. The summed E-state index contributed by atoms with van der Waals surface area (Å²) in [5.41, 5.74) is 10.1. The number of nitrogens with one attached hydrogen (secondary N) is 4. The molecular weight excluding hydrogens is 556 g/mol. The zero-order valence-corrected chi connectivity index (χ0v) is 22.6. The average Bonchev–Trinajstić information content (AvgIpc) is 3.69. The van der Waals surface area contributed by atoms with Crippen LogP contribution in [0.3, 0.4) is 0 Å². The van der Waals surface area contributed by atoms with Crippen LogP contribution in [0.25, 0.3) is 22.3 Å². The minimum Gasteiger partial charge on any atom is -0.394 e. The number of fused-ring (bicyclic) bond motifs is 2. The monoisotopic (exact) mass is 588 g/mol. The van der Waals surface area contributed by atoms with Gasteiger partial charge in [-0.2, -0.15) is 9.97 Å². The molecule has 2 saturated heterocycles. The van der Waals surface area contributed by atoms with Crippen LogP contribution in [-0.4, -0.2) is 104 Å². The number of anilines is 2. The molecule has 2 fully saturated rings. The predicted octanol–water partition coefficient (Wildman–Crippen LogP) is -3.40. The Labute approximate surface area is 235 Å². The summed E-state index contributed by atoms with van der Waals surface area (Å²) in [5.74, 6) is -0.173. The Morgan fingerprint density at radius 1 is 0.976 bits per heavy atom. The highest BCUT2D eigenvalue weighted by atomic mass is 16.6. The fraction of sp³-hybridized carbons (Fsp3) is 0.565. The van der Waals surface area contributed by atoms with Crippen LogP contribution in [0.1, 0.15) is 32.7 Å². The summed E-state index contributed by atoms with van der Waals surface area (Å²) in [6.07, 6.45) is -2.53. The standard InChI is InChI=1S/C23H32N12O7/c1-23(2,33-8-3-11(41-10(8)5-36)34-6-26-12-16(34)29-21(24)31-18(12)39)28-4-9-14(37)15(38)20(42-9)35-7-27-13-17(35)30-22(25)32-19(13)40/h6-11,14-15,20,28,33,36-38H,3-5H2,1-2H3,(H3,24,29,31,39)(H3,25,30,32,40)/t8-,9+,10+,11+,14+,15+,20+/m0/s1. The lowest BCUT2D eigenvalue weighted by Crippen LogP contribution is -2.59. The van der Waals surface area contributed by atoms with Gasteiger partial charge in [0.1, 0.15) is 24.5 Å². The zero-order chi connectivity index (χ0) is 29.9. The molecule has 0 unspecified atom stereocenters. The van der Waals surface area contributed by atoms with Crippen molar-refractivity contribution in [1.29, 1.82) is 0 Å². The molecule has 226 valence electrons. The SMILES string of the molecule is CC(C)(NC[C@H]1O[C@@H](n2cnc3c(=O)[nH]c(N)nc32)[C@H](O)[C@@H]1O)N[C@H]1C[C@H](n2cnc3c(=O)[nH]c(N)nc32)O[C@@H]1CO. The van der Waals surface area contributed by atoms with Gasteiger partial charge in [-0.25, -0.2) is 9.97 Å². The number of aromatic amines is 2. The van der Waals surface area contributed by atoms with Crippen molar-refractivity contribution in [2.75, 3.05) is 24.6 Å². The molecule has 7 atom stereocenters. The molecule has 4 aromatic rings. The molecule has 0 bridgehead atoms. The van der Waals surface area contributed by atoms with Crippen molar-refractivity contribution in [3.05, 3.63) is 33.4 Å². The van der Waals surface area contributed by atoms with Gasteiger partial charge < -0.3 is 36.3 Å². The lowest BCUT2D eigenvalue weighted by Gasteiger charge is -2.34. The number of rotatable bonds is 8. The van der Waals surface area contributed by atoms with E-state index in [4.69, 9.17) is 20.9 Å². The minimum absolute atomic E-state index is 0.0201. The largest absolute Gasteiger partial charge is 0.394 e. The van der Waals surface area contributed by atoms with Gasteiger partial charge in [-0.15, -0.1) is 0 Å². The van der Waals surface area contributed by atoms with Gasteiger partial charge in [0.05, 0.1) is 31.0 Å². The second kappa shape index (κ2) is 10.4. The van der Waals surface area contributed by atoms with Gasteiger partial charge in [0.25, 0.3) is 11.1 Å². The van der Waals surface area contributed by atoms with E-state index in [-0.39, 0.29) is 53.4 Å². The van der Waals surface area contributed by atoms with E-state index in [0.717, 1.165) is 0 Å². The summed E-state index contributed by atoms with van der Waals surface area (Å²) in [6, 6.07) is -0.334. The summed E-state index contributed by atoms with van der Waals surface area (Å²) in [6.45, 7) is 3.57. The molecule has 0 aromatic carbocycles. The molecule has 6 rings (SSSR count). The van der Waals surface area contributed by atoms with Crippen molar-refractivity contribution in [1.82, 2.24) is 49.7 Å². The third-order valence-corrected chi connectivity index (χ3v) is 7.53. The summed E-state index contributed by atoms with van der Waals surface area (Å²) in [5, 5.41) is 38.2. The number of ether oxygens (including phenoxy) is 2. The smallest absolute Gasteiger partial charge is 0.280 e. The number of nitrogens with zero attached hydrogens (tertiary/aromatic N) is 6. The quantitative estimate of drug-likeness (QED) is 0.0907. The summed E-state index contributed by atoms with van der Waals surface area (Å²) in [7, 11) is 0. The first-order valence-electron chi connectivity index (χ1n) is 13.2. The Morgan fingerprint density at radius 2 is 1.57 bits per heavy atom. The first kappa shape index (κ1) is 28.2. The molecule has 6 heterocycles. The van der Waals surface area contributed by atoms with Crippen molar-refractivity contribution in [3.8, 4) is 0 Å². The molecule has 42 heavy (non-hydrogen) atoms. The highest BCUT2D eigenvalue weighted by Gasteiger charge is 2.45. The average molecular weight is 589 g/mol. The van der Waals surface area contributed by atoms with Crippen LogP contribution in [0.4, 0.5) is 11.9 Å². The van der Waals surface area contributed by atoms with Gasteiger partial charge in [0.15, 0.2) is 28.6 Å². The lowest BCUT2D eigenvalue weighted by molar-refractivity contribution is -0.0374. The van der Waals surface area contributed by atoms with Crippen molar-refractivity contribution >= 4 is 34.2 Å². The molecular formula is C23H32N12O7. The van der Waals surface area contributed by atoms with E-state index in [1.165, 1.54) is 17.2 Å². The first-order valence-corrected chi connectivity index (χ1v) is 13.2. The van der Waals surface area contributed by atoms with E-state index < -0.39 is 53.7 Å². The van der Waals surface area contributed by atoms with Crippen molar-refractivity contribution in [3.63, 3.8) is 0 Å². The number of aliphatic hydroxyl groups is 3. The van der Waals surface area contributed by atoms with Gasteiger partial charge in [0, 0.05) is 19.0 Å². The second-order valence-electron chi connectivity index (χ2n) is 10.9. The van der Waals surface area contributed by atoms with Crippen LogP contribution in [0.5, 0.6) is 0 Å². The number of nitrogens with two attached hydrogens (primary N) is 2. The lowest BCUT2D eigenvalue weighted by atomic mass is 10.1. The fourth-order valence-corrected chi connectivity index (χ4v) is 5.50. The Kier molecular flexibility index (Phi) is 6.96. The maximum atomic E-state index is 12.2. The van der Waals surface area contributed by atoms with E-state index in [2.05, 4.69) is 40.5 Å². The number of imidazole rings is 2. The number of hydrogen-bond donors (Lipinski definition) is 9. The van der Waals surface area contributed by atoms with Gasteiger partial charge in [-0.1, -0.05) is 0 Å². The number of hydrogen-bond acceptors (Lipinski definition) is 15. The van der Waals surface area contributed by atoms with Crippen LogP contribution in [0, 0.1) is 0 Å². The molecule has 19 heteroatoms. The van der Waals surface area contributed by atoms with Crippen molar-refractivity contribution in [2.45, 2.75) is 68.8 Å². The molecule has 0 amide bonds. The van der Waals surface area contributed by atoms with Crippen LogP contribution >= 0.6 is 0 Å². The molecule has 4 aromatic heterocycles. The summed E-state index contributed by atoms with van der Waals surface area (Å²) < 4.78 is 15.0. The Balaban J connectivity index is 1.13. The predicted molar refractivity (Wildman–Crippen MR) is 146 cm³/mol. The minimum atomic E-state index is -1.34. The molecule has 0 radical (unpaired) electrons. The summed E-state index contributed by atoms with van der Waals surface area (Å²) >= 11 is 0. The maximum Gasteiger partial charge on any atom is 0.280 e. The third kappa shape index (κ3) is 4.89. The van der Waals surface area contributed by atoms with E-state index in [9.17, 15) is 24.9 Å². The van der Waals surface area contributed by atoms with Gasteiger partial charge in [-0.05, 0) is 13.8 Å². The van der Waals surface area contributed by atoms with E-state index in [1.807, 2.05) is 13.8 Å². The number of aliphatic hydroxyl groups excluding tert-OH is 3. The third-order valence-electron chi connectivity index (χ3n) is 7.53. The van der Waals surface area contributed by atoms with Crippen molar-refractivity contribution < 1.29 is 24.8 Å². The molecule has 2 aliphatic heterocycles. The summed E-state index contributed by atoms with van der Waals surface area (Å²) in [4.78, 5) is 45.5. The maximum absolute atomic E-state index is 12.2. The van der Waals surface area contributed by atoms with E-state index >= 15 is 0 Å². The highest BCUT2D eigenvalue weighted by molar-refractivity contribution is 5.71. The van der Waals surface area contributed by atoms with Gasteiger partial charge in [-0.3, -0.25) is 39.3 Å². The topological polar surface area (TPSA) is 282 Å². The number of H-pyrrole nitrogens is 2. The van der Waals surface area contributed by atoms with Crippen LogP contribution in [0.15, 0.2) is 22.2 Å². The van der Waals surface area contributed by atoms with E-state index in [1.54, 1.807) is 4.57 Å². The van der Waals surface area contributed by atoms with Gasteiger partial charge in [0.2, 0.25) is 11.9 Å². The Hall–Kier alpha value is -3.98. The molecule has 11 N–H and O–H groups in total. The molecule has 19 nitrogen and oxygen atoms in total.